The second kappa shape index (κ2) is 4.68. The van der Waals surface area contributed by atoms with Crippen LogP contribution in [0, 0.1) is 0 Å². The van der Waals surface area contributed by atoms with Gasteiger partial charge < -0.3 is 10.2 Å². The molecular weight excluding hydrogens is 258 g/mol. The summed E-state index contributed by atoms with van der Waals surface area (Å²) in [5.74, 6) is -1.24. The molecule has 98 valence electrons. The average Bonchev–Trinajstić information content (AvgIpc) is 2.73. The predicted molar refractivity (Wildman–Crippen MR) is 62.4 cm³/mol. The van der Waals surface area contributed by atoms with E-state index < -0.39 is 28.1 Å². The SMILES string of the molecule is O=C(O)[C@@H]1C[C@H](O)CN1S(=O)(=O)c1ccccc1. The summed E-state index contributed by atoms with van der Waals surface area (Å²) >= 11 is 0. The molecule has 1 heterocycles. The number of benzene rings is 1. The Morgan fingerprint density at radius 1 is 1.28 bits per heavy atom. The van der Waals surface area contributed by atoms with E-state index in [1.807, 2.05) is 0 Å². The monoisotopic (exact) mass is 271 g/mol. The fourth-order valence-electron chi connectivity index (χ4n) is 2.00. The Balaban J connectivity index is 2.38. The number of carbonyl (C=O) groups is 1. The lowest BCUT2D eigenvalue weighted by Gasteiger charge is -2.20. The molecule has 6 nitrogen and oxygen atoms in total. The Morgan fingerprint density at radius 2 is 1.89 bits per heavy atom. The van der Waals surface area contributed by atoms with E-state index in [1.54, 1.807) is 18.2 Å². The molecule has 2 rings (SSSR count). The van der Waals surface area contributed by atoms with Crippen LogP contribution in [-0.2, 0) is 14.8 Å². The number of hydrogen-bond acceptors (Lipinski definition) is 4. The van der Waals surface area contributed by atoms with Gasteiger partial charge >= 0.3 is 5.97 Å². The van der Waals surface area contributed by atoms with Crippen LogP contribution in [0.1, 0.15) is 6.42 Å². The van der Waals surface area contributed by atoms with E-state index in [4.69, 9.17) is 5.11 Å². The molecule has 0 bridgehead atoms. The number of nitrogens with zero attached hydrogens (tertiary/aromatic N) is 1. The first kappa shape index (κ1) is 13.0. The fraction of sp³-hybridized carbons (Fsp3) is 0.364. The van der Waals surface area contributed by atoms with E-state index in [-0.39, 0.29) is 17.9 Å². The Kier molecular flexibility index (Phi) is 3.38. The third-order valence-electron chi connectivity index (χ3n) is 2.87. The molecule has 7 heteroatoms. The number of sulfonamides is 1. The van der Waals surface area contributed by atoms with Gasteiger partial charge in [0.1, 0.15) is 6.04 Å². The molecule has 1 saturated heterocycles. The number of aliphatic carboxylic acids is 1. The summed E-state index contributed by atoms with van der Waals surface area (Å²) in [6, 6.07) is 6.40. The summed E-state index contributed by atoms with van der Waals surface area (Å²) in [4.78, 5) is 11.1. The fourth-order valence-corrected chi connectivity index (χ4v) is 3.65. The van der Waals surface area contributed by atoms with Gasteiger partial charge in [0.05, 0.1) is 11.0 Å². The number of aliphatic hydroxyl groups excluding tert-OH is 1. The van der Waals surface area contributed by atoms with Gasteiger partial charge in [0.2, 0.25) is 10.0 Å². The number of carboxylic acid groups (broad SMARTS) is 1. The van der Waals surface area contributed by atoms with Gasteiger partial charge in [0.25, 0.3) is 0 Å². The van der Waals surface area contributed by atoms with E-state index in [2.05, 4.69) is 0 Å². The number of β-amino-alcohol motifs (C(OH)–C–C–N with tert-alkyl or cyclic N) is 1. The van der Waals surface area contributed by atoms with Crippen molar-refractivity contribution in [3.8, 4) is 0 Å². The van der Waals surface area contributed by atoms with Crippen LogP contribution >= 0.6 is 0 Å². The molecule has 18 heavy (non-hydrogen) atoms. The van der Waals surface area contributed by atoms with Crippen LogP contribution in [0.5, 0.6) is 0 Å². The maximum atomic E-state index is 12.2. The van der Waals surface area contributed by atoms with Gasteiger partial charge in [0, 0.05) is 13.0 Å². The van der Waals surface area contributed by atoms with Crippen LogP contribution < -0.4 is 0 Å². The molecule has 0 aliphatic carbocycles. The summed E-state index contributed by atoms with van der Waals surface area (Å²) in [7, 11) is -3.87. The quantitative estimate of drug-likeness (QED) is 0.800. The molecule has 1 aliphatic heterocycles. The molecule has 1 fully saturated rings. The molecule has 1 aromatic carbocycles. The standard InChI is InChI=1S/C11H13NO5S/c13-8-6-10(11(14)15)12(7-8)18(16,17)9-4-2-1-3-5-9/h1-5,8,10,13H,6-7H2,(H,14,15)/t8-,10-/m0/s1. The van der Waals surface area contributed by atoms with Gasteiger partial charge in [-0.1, -0.05) is 18.2 Å². The highest BCUT2D eigenvalue weighted by Gasteiger charge is 2.43. The van der Waals surface area contributed by atoms with E-state index in [9.17, 15) is 18.3 Å². The van der Waals surface area contributed by atoms with Crippen molar-refractivity contribution in [3.63, 3.8) is 0 Å². The second-order valence-corrected chi connectivity index (χ2v) is 6.02. The highest BCUT2D eigenvalue weighted by Crippen LogP contribution is 2.26. The molecule has 0 radical (unpaired) electrons. The Hall–Kier alpha value is -1.44. The maximum Gasteiger partial charge on any atom is 0.322 e. The van der Waals surface area contributed by atoms with E-state index in [0.717, 1.165) is 4.31 Å². The van der Waals surface area contributed by atoms with Crippen LogP contribution in [-0.4, -0.2) is 47.6 Å². The Morgan fingerprint density at radius 3 is 2.44 bits per heavy atom. The van der Waals surface area contributed by atoms with Crippen molar-refractivity contribution in [1.82, 2.24) is 4.31 Å². The summed E-state index contributed by atoms with van der Waals surface area (Å²) in [6.45, 7) is -0.186. The predicted octanol–water partition coefficient (Wildman–Crippen LogP) is -0.105. The molecule has 0 saturated carbocycles. The second-order valence-electron chi connectivity index (χ2n) is 4.13. The minimum atomic E-state index is -3.87. The highest BCUT2D eigenvalue weighted by atomic mass is 32.2. The van der Waals surface area contributed by atoms with Crippen molar-refractivity contribution in [2.24, 2.45) is 0 Å². The lowest BCUT2D eigenvalue weighted by Crippen LogP contribution is -2.40. The minimum absolute atomic E-state index is 0.0327. The molecule has 1 aliphatic rings. The zero-order valence-corrected chi connectivity index (χ0v) is 10.2. The van der Waals surface area contributed by atoms with E-state index in [1.165, 1.54) is 12.1 Å². The highest BCUT2D eigenvalue weighted by molar-refractivity contribution is 7.89. The van der Waals surface area contributed by atoms with Crippen LogP contribution in [0.4, 0.5) is 0 Å². The molecule has 0 unspecified atom stereocenters. The van der Waals surface area contributed by atoms with Gasteiger partial charge in [0.15, 0.2) is 0 Å². The van der Waals surface area contributed by atoms with Gasteiger partial charge in [-0.25, -0.2) is 8.42 Å². The largest absolute Gasteiger partial charge is 0.480 e. The van der Waals surface area contributed by atoms with Crippen LogP contribution in [0.2, 0.25) is 0 Å². The molecule has 0 aromatic heterocycles. The Labute approximate surface area is 105 Å². The molecule has 2 N–H and O–H groups in total. The van der Waals surface area contributed by atoms with Crippen molar-refractivity contribution >= 4 is 16.0 Å². The first-order chi connectivity index (χ1) is 8.43. The maximum absolute atomic E-state index is 12.2. The zero-order valence-electron chi connectivity index (χ0n) is 9.43. The first-order valence-electron chi connectivity index (χ1n) is 5.40. The van der Waals surface area contributed by atoms with Crippen molar-refractivity contribution in [1.29, 1.82) is 0 Å². The smallest absolute Gasteiger partial charge is 0.322 e. The summed E-state index contributed by atoms with van der Waals surface area (Å²) < 4.78 is 25.3. The minimum Gasteiger partial charge on any atom is -0.480 e. The topological polar surface area (TPSA) is 94.9 Å². The van der Waals surface area contributed by atoms with Crippen molar-refractivity contribution < 1.29 is 23.4 Å². The van der Waals surface area contributed by atoms with Crippen LogP contribution in [0.3, 0.4) is 0 Å². The number of hydrogen-bond donors (Lipinski definition) is 2. The van der Waals surface area contributed by atoms with Crippen molar-refractivity contribution in [2.75, 3.05) is 6.54 Å². The number of aliphatic hydroxyl groups is 1. The average molecular weight is 271 g/mol. The number of carboxylic acids is 1. The van der Waals surface area contributed by atoms with Crippen molar-refractivity contribution in [2.45, 2.75) is 23.5 Å². The van der Waals surface area contributed by atoms with E-state index >= 15 is 0 Å². The Bertz CT molecular complexity index is 542. The third kappa shape index (κ3) is 2.24. The molecule has 1 aromatic rings. The third-order valence-corrected chi connectivity index (χ3v) is 4.76. The first-order valence-corrected chi connectivity index (χ1v) is 6.84. The lowest BCUT2D eigenvalue weighted by molar-refractivity contribution is -0.140. The molecular formula is C11H13NO5S. The van der Waals surface area contributed by atoms with Gasteiger partial charge in [-0.15, -0.1) is 0 Å². The van der Waals surface area contributed by atoms with E-state index in [0.29, 0.717) is 0 Å². The molecule has 0 amide bonds. The lowest BCUT2D eigenvalue weighted by atomic mass is 10.2. The van der Waals surface area contributed by atoms with Gasteiger partial charge in [-0.2, -0.15) is 4.31 Å². The van der Waals surface area contributed by atoms with Crippen LogP contribution in [0.25, 0.3) is 0 Å². The van der Waals surface area contributed by atoms with Crippen molar-refractivity contribution in [3.05, 3.63) is 30.3 Å². The summed E-state index contributed by atoms with van der Waals surface area (Å²) in [5.41, 5.74) is 0. The summed E-state index contributed by atoms with van der Waals surface area (Å²) in [6.07, 6.45) is -1.02. The number of rotatable bonds is 3. The molecule has 2 atom stereocenters. The van der Waals surface area contributed by atoms with Gasteiger partial charge in [-0.3, -0.25) is 4.79 Å². The van der Waals surface area contributed by atoms with Crippen LogP contribution in [0.15, 0.2) is 35.2 Å². The normalized spacial score (nSPS) is 25.2. The molecule has 0 spiro atoms. The van der Waals surface area contributed by atoms with Gasteiger partial charge in [-0.05, 0) is 12.1 Å². The summed E-state index contributed by atoms with van der Waals surface area (Å²) in [5, 5.41) is 18.5. The zero-order chi connectivity index (χ0) is 13.3.